The molecule has 3 aliphatic heterocycles. The third-order valence-corrected chi connectivity index (χ3v) is 9.42. The lowest BCUT2D eigenvalue weighted by Crippen LogP contribution is -2.54. The summed E-state index contributed by atoms with van der Waals surface area (Å²) in [5.41, 5.74) is 11.5. The predicted octanol–water partition coefficient (Wildman–Crippen LogP) is 1.96. The zero-order chi connectivity index (χ0) is 25.6. The maximum absolute atomic E-state index is 13.0. The van der Waals surface area contributed by atoms with Gasteiger partial charge in [0.2, 0.25) is 0 Å². The number of nitrogens with zero attached hydrogens (tertiary/aromatic N) is 6. The Morgan fingerprint density at radius 2 is 1.87 bits per heavy atom. The summed E-state index contributed by atoms with van der Waals surface area (Å²) in [5, 5.41) is 18.3. The number of amidine groups is 1. The van der Waals surface area contributed by atoms with Crippen molar-refractivity contribution in [1.82, 2.24) is 34.5 Å². The van der Waals surface area contributed by atoms with Crippen LogP contribution in [0.4, 0.5) is 5.82 Å². The van der Waals surface area contributed by atoms with Crippen molar-refractivity contribution in [1.29, 1.82) is 0 Å². The molecular weight excluding hydrogens is 480 g/mol. The van der Waals surface area contributed by atoms with E-state index in [4.69, 9.17) is 10.7 Å². The van der Waals surface area contributed by atoms with Crippen LogP contribution in [0.5, 0.6) is 0 Å². The van der Waals surface area contributed by atoms with E-state index in [0.717, 1.165) is 91.5 Å². The number of fused-ring (bicyclic) bond motifs is 3. The highest BCUT2D eigenvalue weighted by molar-refractivity contribution is 6.41. The Morgan fingerprint density at radius 1 is 1.11 bits per heavy atom. The highest BCUT2D eigenvalue weighted by Crippen LogP contribution is 2.50. The van der Waals surface area contributed by atoms with E-state index in [1.165, 1.54) is 0 Å². The SMILES string of the molecule is Nc1c(C2CC2)c(C2CC3CCC(C2)N3C(=O)C2=[N+]=CN2)nc2c(-c3ccc(C4(O)CCC4)nc3)cnn12. The van der Waals surface area contributed by atoms with Gasteiger partial charge in [-0.3, -0.25) is 9.78 Å². The van der Waals surface area contributed by atoms with Crippen LogP contribution < -0.4 is 15.7 Å². The molecule has 194 valence electrons. The number of hydrogen-bond acceptors (Lipinski definition) is 7. The maximum atomic E-state index is 13.0. The second-order valence-electron chi connectivity index (χ2n) is 11.7. The first-order valence-corrected chi connectivity index (χ1v) is 13.8. The van der Waals surface area contributed by atoms with Crippen molar-refractivity contribution >= 4 is 29.5 Å². The molecule has 1 amide bonds. The van der Waals surface area contributed by atoms with E-state index in [-0.39, 0.29) is 23.9 Å². The fourth-order valence-electron chi connectivity index (χ4n) is 7.05. The number of anilines is 1. The first-order chi connectivity index (χ1) is 18.5. The summed E-state index contributed by atoms with van der Waals surface area (Å²) in [6.45, 7) is 0. The molecule has 2 saturated heterocycles. The molecule has 8 rings (SSSR count). The molecule has 3 aromatic rings. The van der Waals surface area contributed by atoms with E-state index < -0.39 is 5.60 Å². The van der Waals surface area contributed by atoms with Crippen molar-refractivity contribution in [3.05, 3.63) is 41.5 Å². The van der Waals surface area contributed by atoms with Crippen LogP contribution >= 0.6 is 0 Å². The number of aliphatic hydroxyl groups is 1. The molecule has 2 saturated carbocycles. The van der Waals surface area contributed by atoms with Gasteiger partial charge in [-0.15, -0.1) is 0 Å². The molecule has 2 atom stereocenters. The summed E-state index contributed by atoms with van der Waals surface area (Å²) in [6.07, 6.45) is 13.8. The number of amides is 1. The average molecular weight is 512 g/mol. The van der Waals surface area contributed by atoms with E-state index >= 15 is 0 Å². The van der Waals surface area contributed by atoms with Gasteiger partial charge in [0.15, 0.2) is 5.65 Å². The number of nitrogens with one attached hydrogen (secondary N) is 1. The smallest absolute Gasteiger partial charge is 0.381 e. The highest BCUT2D eigenvalue weighted by atomic mass is 16.3. The monoisotopic (exact) mass is 511 g/mol. The average Bonchev–Trinajstić information content (AvgIpc) is 3.55. The Morgan fingerprint density at radius 3 is 2.45 bits per heavy atom. The second kappa shape index (κ2) is 7.88. The van der Waals surface area contributed by atoms with Gasteiger partial charge in [0.25, 0.3) is 6.34 Å². The van der Waals surface area contributed by atoms with Gasteiger partial charge in [0.05, 0.1) is 17.6 Å². The van der Waals surface area contributed by atoms with E-state index in [0.29, 0.717) is 17.6 Å². The minimum atomic E-state index is -0.788. The quantitative estimate of drug-likeness (QED) is 0.446. The van der Waals surface area contributed by atoms with E-state index in [1.807, 2.05) is 24.5 Å². The number of carbonyl (C=O) groups is 1. The van der Waals surface area contributed by atoms with Crippen LogP contribution in [0.15, 0.2) is 24.5 Å². The van der Waals surface area contributed by atoms with E-state index in [9.17, 15) is 9.90 Å². The van der Waals surface area contributed by atoms with Gasteiger partial charge in [-0.2, -0.15) is 9.61 Å². The summed E-state index contributed by atoms with van der Waals surface area (Å²) in [5.74, 6) is 1.83. The predicted molar refractivity (Wildman–Crippen MR) is 142 cm³/mol. The Bertz CT molecular complexity index is 1530. The molecule has 10 nitrogen and oxygen atoms in total. The molecular formula is C28H31N8O2+. The summed E-state index contributed by atoms with van der Waals surface area (Å²) in [4.78, 5) is 25.0. The fraction of sp³-hybridized carbons (Fsp3) is 0.500. The van der Waals surface area contributed by atoms with Crippen molar-refractivity contribution in [2.24, 2.45) is 0 Å². The maximum Gasteiger partial charge on any atom is 0.381 e. The lowest BCUT2D eigenvalue weighted by Gasteiger charge is -2.38. The molecule has 0 spiro atoms. The second-order valence-corrected chi connectivity index (χ2v) is 11.7. The molecule has 5 aliphatic rings. The molecule has 0 radical (unpaired) electrons. The number of aromatic nitrogens is 4. The molecule has 38 heavy (non-hydrogen) atoms. The Labute approximate surface area is 219 Å². The minimum absolute atomic E-state index is 0.0179. The Kier molecular flexibility index (Phi) is 4.61. The Hall–Kier alpha value is -3.75. The third-order valence-electron chi connectivity index (χ3n) is 9.42. The van der Waals surface area contributed by atoms with Crippen LogP contribution in [0.3, 0.4) is 0 Å². The Balaban J connectivity index is 1.17. The minimum Gasteiger partial charge on any atom is -0.384 e. The summed E-state index contributed by atoms with van der Waals surface area (Å²) in [7, 11) is 0. The van der Waals surface area contributed by atoms with Crippen molar-refractivity contribution in [2.45, 2.75) is 87.3 Å². The number of nitrogen functional groups attached to an aromatic ring is 1. The topological polar surface area (TPSA) is 136 Å². The fourth-order valence-corrected chi connectivity index (χ4v) is 7.05. The standard InChI is InChI=1S/C28H30N8O2/c29-24-22(15-2-3-15)23(17-10-18-5-6-19(11-17)35(18)27(37)25-31-14-32-25)34-26-20(13-33-36(24)26)16-4-7-21(30-12-16)28(38)8-1-9-28/h4,7,12-15,17-19,38H,1-3,5-6,8-11H2,(H2,29,33,34)/p+1. The molecule has 4 N–H and O–H groups in total. The number of piperidine rings is 1. The molecule has 0 aromatic carbocycles. The van der Waals surface area contributed by atoms with Crippen LogP contribution in [0.1, 0.15) is 86.6 Å². The van der Waals surface area contributed by atoms with E-state index in [1.54, 1.807) is 10.9 Å². The lowest BCUT2D eigenvalue weighted by molar-refractivity contribution is -0.128. The van der Waals surface area contributed by atoms with Gasteiger partial charge in [0, 0.05) is 40.9 Å². The number of hydrogen-bond donors (Lipinski definition) is 3. The number of rotatable bonds is 5. The van der Waals surface area contributed by atoms with E-state index in [2.05, 4.69) is 25.0 Å². The van der Waals surface area contributed by atoms with Gasteiger partial charge in [-0.05, 0) is 69.8 Å². The lowest BCUT2D eigenvalue weighted by atomic mass is 9.77. The van der Waals surface area contributed by atoms with Crippen molar-refractivity contribution in [3.8, 4) is 11.1 Å². The molecule has 2 bridgehead atoms. The first-order valence-electron chi connectivity index (χ1n) is 13.8. The molecule has 3 aromatic heterocycles. The molecule has 2 aliphatic carbocycles. The van der Waals surface area contributed by atoms with Gasteiger partial charge in [-0.1, -0.05) is 6.07 Å². The van der Waals surface area contributed by atoms with Crippen molar-refractivity contribution in [3.63, 3.8) is 0 Å². The molecule has 10 heteroatoms. The number of nitrogens with two attached hydrogens (primary N) is 1. The highest BCUT2D eigenvalue weighted by Gasteiger charge is 2.48. The van der Waals surface area contributed by atoms with Gasteiger partial charge in [0.1, 0.15) is 11.4 Å². The van der Waals surface area contributed by atoms with Crippen LogP contribution in [0, 0.1) is 0 Å². The summed E-state index contributed by atoms with van der Waals surface area (Å²) < 4.78 is 5.88. The molecule has 4 fully saturated rings. The molecule has 2 unspecified atom stereocenters. The third kappa shape index (κ3) is 3.20. The number of pyridine rings is 1. The van der Waals surface area contributed by atoms with Crippen LogP contribution in [0.2, 0.25) is 0 Å². The van der Waals surface area contributed by atoms with Gasteiger partial charge in [-0.25, -0.2) is 15.0 Å². The van der Waals surface area contributed by atoms with Gasteiger partial charge < -0.3 is 15.7 Å². The number of carbonyl (C=O) groups excluding carboxylic acids is 1. The summed E-state index contributed by atoms with van der Waals surface area (Å²) >= 11 is 0. The van der Waals surface area contributed by atoms with Crippen molar-refractivity contribution in [2.75, 3.05) is 5.73 Å². The zero-order valence-electron chi connectivity index (χ0n) is 21.2. The van der Waals surface area contributed by atoms with Crippen LogP contribution in [-0.4, -0.2) is 59.8 Å². The van der Waals surface area contributed by atoms with Crippen molar-refractivity contribution < 1.29 is 9.90 Å². The normalized spacial score (nSPS) is 27.0. The summed E-state index contributed by atoms with van der Waals surface area (Å²) in [6, 6.07) is 4.31. The first kappa shape index (κ1) is 22.3. The van der Waals surface area contributed by atoms with Crippen LogP contribution in [-0.2, 0) is 10.4 Å². The largest absolute Gasteiger partial charge is 0.384 e. The van der Waals surface area contributed by atoms with Gasteiger partial charge >= 0.3 is 11.7 Å². The zero-order valence-corrected chi connectivity index (χ0v) is 21.2. The van der Waals surface area contributed by atoms with Crippen LogP contribution in [0.25, 0.3) is 16.8 Å². The molecule has 6 heterocycles.